The molecule has 19 heavy (non-hydrogen) atoms. The van der Waals surface area contributed by atoms with Crippen molar-refractivity contribution >= 4 is 28.6 Å². The molecule has 0 fully saturated rings. The summed E-state index contributed by atoms with van der Waals surface area (Å²) in [6.07, 6.45) is 1.62. The van der Waals surface area contributed by atoms with Crippen molar-refractivity contribution in [3.63, 3.8) is 0 Å². The highest BCUT2D eigenvalue weighted by molar-refractivity contribution is 7.99. The molecule has 0 unspecified atom stereocenters. The Labute approximate surface area is 113 Å². The van der Waals surface area contributed by atoms with Crippen molar-refractivity contribution in [1.82, 2.24) is 29.7 Å². The number of nitrogens with zero attached hydrogens (tertiary/aromatic N) is 6. The minimum atomic E-state index is 0.368. The van der Waals surface area contributed by atoms with E-state index in [0.29, 0.717) is 21.6 Å². The fourth-order valence-electron chi connectivity index (χ4n) is 1.61. The summed E-state index contributed by atoms with van der Waals surface area (Å²) in [5.74, 6) is 0.368. The smallest absolute Gasteiger partial charge is 0.216 e. The van der Waals surface area contributed by atoms with Gasteiger partial charge in [-0.15, -0.1) is 5.10 Å². The number of aromatic nitrogens is 6. The number of hydrogen-bond acceptors (Lipinski definition) is 7. The molecule has 8 heteroatoms. The lowest BCUT2D eigenvalue weighted by atomic mass is 10.3. The van der Waals surface area contributed by atoms with Gasteiger partial charge in [0.1, 0.15) is 11.8 Å². The molecule has 3 heterocycles. The molecule has 3 aromatic rings. The predicted octanol–water partition coefficient (Wildman–Crippen LogP) is 1.20. The highest BCUT2D eigenvalue weighted by atomic mass is 32.2. The molecule has 96 valence electrons. The van der Waals surface area contributed by atoms with Gasteiger partial charge in [-0.25, -0.2) is 19.9 Å². The number of anilines is 1. The molecule has 0 saturated heterocycles. The molecule has 0 saturated carbocycles. The minimum absolute atomic E-state index is 0.368. The van der Waals surface area contributed by atoms with Gasteiger partial charge in [0.2, 0.25) is 5.16 Å². The standard InChI is InChI=1S/C11H11N7S/c1-6-3-4-7-8(14-6)9(12)16-11(15-7)19-10-13-5-18(2)17-10/h3-5H,1-2H3,(H2,12,15,16). The topological polar surface area (TPSA) is 95.4 Å². The maximum Gasteiger partial charge on any atom is 0.216 e. The van der Waals surface area contributed by atoms with Crippen LogP contribution in [0.5, 0.6) is 0 Å². The second-order valence-electron chi connectivity index (χ2n) is 4.01. The normalized spacial score (nSPS) is 11.1. The van der Waals surface area contributed by atoms with Gasteiger partial charge >= 0.3 is 0 Å². The van der Waals surface area contributed by atoms with E-state index >= 15 is 0 Å². The van der Waals surface area contributed by atoms with Crippen molar-refractivity contribution in [1.29, 1.82) is 0 Å². The summed E-state index contributed by atoms with van der Waals surface area (Å²) in [5.41, 5.74) is 8.14. The van der Waals surface area contributed by atoms with E-state index in [4.69, 9.17) is 5.73 Å². The second kappa shape index (κ2) is 4.47. The van der Waals surface area contributed by atoms with Crippen LogP contribution in [-0.4, -0.2) is 29.7 Å². The third-order valence-electron chi connectivity index (χ3n) is 2.45. The van der Waals surface area contributed by atoms with Gasteiger partial charge in [-0.2, -0.15) is 0 Å². The van der Waals surface area contributed by atoms with Crippen LogP contribution >= 0.6 is 11.8 Å². The summed E-state index contributed by atoms with van der Waals surface area (Å²) in [6, 6.07) is 3.77. The Morgan fingerprint density at radius 2 is 2.00 bits per heavy atom. The van der Waals surface area contributed by atoms with Crippen LogP contribution in [0.2, 0.25) is 0 Å². The van der Waals surface area contributed by atoms with E-state index in [0.717, 1.165) is 11.2 Å². The Morgan fingerprint density at radius 3 is 2.74 bits per heavy atom. The molecule has 0 amide bonds. The van der Waals surface area contributed by atoms with Gasteiger partial charge in [0.05, 0.1) is 5.52 Å². The Kier molecular flexibility index (Phi) is 2.79. The maximum absolute atomic E-state index is 5.91. The Morgan fingerprint density at radius 1 is 1.16 bits per heavy atom. The van der Waals surface area contributed by atoms with Crippen LogP contribution in [-0.2, 0) is 7.05 Å². The van der Waals surface area contributed by atoms with E-state index in [1.54, 1.807) is 18.1 Å². The van der Waals surface area contributed by atoms with Crippen molar-refractivity contribution in [3.05, 3.63) is 24.2 Å². The van der Waals surface area contributed by atoms with Gasteiger partial charge in [0.15, 0.2) is 11.0 Å². The monoisotopic (exact) mass is 273 g/mol. The van der Waals surface area contributed by atoms with Crippen molar-refractivity contribution in [3.8, 4) is 0 Å². The lowest BCUT2D eigenvalue weighted by Crippen LogP contribution is -1.99. The first-order valence-corrected chi connectivity index (χ1v) is 6.38. The number of fused-ring (bicyclic) bond motifs is 1. The van der Waals surface area contributed by atoms with Gasteiger partial charge in [-0.3, -0.25) is 4.68 Å². The zero-order valence-electron chi connectivity index (χ0n) is 10.4. The fraction of sp³-hybridized carbons (Fsp3) is 0.182. The number of nitrogens with two attached hydrogens (primary N) is 1. The molecule has 0 radical (unpaired) electrons. The molecule has 0 aliphatic heterocycles. The molecule has 7 nitrogen and oxygen atoms in total. The lowest BCUT2D eigenvalue weighted by Gasteiger charge is -2.03. The van der Waals surface area contributed by atoms with Gasteiger partial charge in [-0.1, -0.05) is 0 Å². The Bertz CT molecular complexity index is 752. The third kappa shape index (κ3) is 2.34. The highest BCUT2D eigenvalue weighted by Gasteiger charge is 2.10. The molecular formula is C11H11N7S. The van der Waals surface area contributed by atoms with Crippen molar-refractivity contribution in [2.45, 2.75) is 17.2 Å². The average Bonchev–Trinajstić information content (AvgIpc) is 2.76. The maximum atomic E-state index is 5.91. The van der Waals surface area contributed by atoms with Crippen LogP contribution < -0.4 is 5.73 Å². The van der Waals surface area contributed by atoms with Crippen LogP contribution in [0.3, 0.4) is 0 Å². The molecule has 0 aliphatic rings. The van der Waals surface area contributed by atoms with Gasteiger partial charge in [0.25, 0.3) is 0 Å². The zero-order valence-corrected chi connectivity index (χ0v) is 11.2. The van der Waals surface area contributed by atoms with Crippen LogP contribution in [0.1, 0.15) is 5.69 Å². The average molecular weight is 273 g/mol. The number of hydrogen-bond donors (Lipinski definition) is 1. The van der Waals surface area contributed by atoms with Crippen LogP contribution in [0.15, 0.2) is 28.8 Å². The summed E-state index contributed by atoms with van der Waals surface area (Å²) in [5, 5.41) is 5.26. The first-order chi connectivity index (χ1) is 9.11. The Balaban J connectivity index is 2.03. The van der Waals surface area contributed by atoms with Crippen molar-refractivity contribution in [2.75, 3.05) is 5.73 Å². The van der Waals surface area contributed by atoms with Crippen molar-refractivity contribution < 1.29 is 0 Å². The first kappa shape index (κ1) is 11.8. The number of pyridine rings is 1. The van der Waals surface area contributed by atoms with E-state index in [1.165, 1.54) is 11.8 Å². The minimum Gasteiger partial charge on any atom is -0.382 e. The largest absolute Gasteiger partial charge is 0.382 e. The highest BCUT2D eigenvalue weighted by Crippen LogP contribution is 2.24. The van der Waals surface area contributed by atoms with E-state index in [2.05, 4.69) is 25.0 Å². The zero-order chi connectivity index (χ0) is 13.4. The third-order valence-corrected chi connectivity index (χ3v) is 3.18. The van der Waals surface area contributed by atoms with E-state index in [-0.39, 0.29) is 0 Å². The number of rotatable bonds is 2. The molecule has 2 N–H and O–H groups in total. The van der Waals surface area contributed by atoms with E-state index in [9.17, 15) is 0 Å². The van der Waals surface area contributed by atoms with Gasteiger partial charge < -0.3 is 5.73 Å². The van der Waals surface area contributed by atoms with Crippen molar-refractivity contribution in [2.24, 2.45) is 7.05 Å². The quantitative estimate of drug-likeness (QED) is 0.701. The van der Waals surface area contributed by atoms with Crippen LogP contribution in [0, 0.1) is 6.92 Å². The molecule has 0 atom stereocenters. The molecule has 0 bridgehead atoms. The summed E-state index contributed by atoms with van der Waals surface area (Å²) < 4.78 is 1.62. The summed E-state index contributed by atoms with van der Waals surface area (Å²) in [7, 11) is 1.80. The summed E-state index contributed by atoms with van der Waals surface area (Å²) >= 11 is 1.27. The molecular weight excluding hydrogens is 262 g/mol. The number of nitrogen functional groups attached to an aromatic ring is 1. The van der Waals surface area contributed by atoms with E-state index in [1.807, 2.05) is 19.1 Å². The van der Waals surface area contributed by atoms with Crippen LogP contribution in [0.25, 0.3) is 11.0 Å². The molecule has 3 aromatic heterocycles. The molecule has 3 rings (SSSR count). The van der Waals surface area contributed by atoms with Gasteiger partial charge in [-0.05, 0) is 30.8 Å². The summed E-state index contributed by atoms with van der Waals surface area (Å²) in [6.45, 7) is 1.90. The van der Waals surface area contributed by atoms with Crippen LogP contribution in [0.4, 0.5) is 5.82 Å². The molecule has 0 aromatic carbocycles. The van der Waals surface area contributed by atoms with Gasteiger partial charge in [0, 0.05) is 12.7 Å². The second-order valence-corrected chi connectivity index (χ2v) is 4.95. The number of aryl methyl sites for hydroxylation is 2. The van der Waals surface area contributed by atoms with E-state index < -0.39 is 0 Å². The Hall–Kier alpha value is -2.22. The SMILES string of the molecule is Cc1ccc2nc(Sc3ncn(C)n3)nc(N)c2n1. The molecule has 0 spiro atoms. The predicted molar refractivity (Wildman–Crippen MR) is 71.6 cm³/mol. The lowest BCUT2D eigenvalue weighted by molar-refractivity contribution is 0.737. The fourth-order valence-corrected chi connectivity index (χ4v) is 2.33. The first-order valence-electron chi connectivity index (χ1n) is 5.56. The molecule has 0 aliphatic carbocycles. The summed E-state index contributed by atoms with van der Waals surface area (Å²) in [4.78, 5) is 17.1.